The van der Waals surface area contributed by atoms with E-state index in [2.05, 4.69) is 53.7 Å². The fourth-order valence-corrected chi connectivity index (χ4v) is 10.2. The summed E-state index contributed by atoms with van der Waals surface area (Å²) >= 11 is 0. The minimum absolute atomic E-state index is 0.0709. The van der Waals surface area contributed by atoms with Crippen molar-refractivity contribution in [2.75, 3.05) is 0 Å². The van der Waals surface area contributed by atoms with E-state index in [-0.39, 0.29) is 23.5 Å². The van der Waals surface area contributed by atoms with Crippen molar-refractivity contribution in [2.24, 2.45) is 58.2 Å². The highest BCUT2D eigenvalue weighted by atomic mass is 16.7. The van der Waals surface area contributed by atoms with Crippen LogP contribution in [0, 0.1) is 58.2 Å². The van der Waals surface area contributed by atoms with Crippen LogP contribution in [-0.2, 0) is 14.3 Å². The third-order valence-corrected chi connectivity index (χ3v) is 12.0. The highest BCUT2D eigenvalue weighted by Gasteiger charge is 2.65. The van der Waals surface area contributed by atoms with Crippen molar-refractivity contribution in [3.05, 3.63) is 12.2 Å². The SMILES string of the molecule is CC[C@H](/C=C/[C@@H](C)[C@H]1CC[C@H]2[C@@H]3CC(=O)[C@H]4C[C@@H]5OC(C)(C)O[C@@H]5C[C@]4(C)[C@H]3CC[C@]12C)C(C)C. The Bertz CT molecular complexity index is 844. The Labute approximate surface area is 215 Å². The molecule has 198 valence electrons. The van der Waals surface area contributed by atoms with Crippen LogP contribution in [0.4, 0.5) is 0 Å². The average Bonchev–Trinajstić information content (AvgIpc) is 3.27. The normalized spacial score (nSPS) is 48.4. The number of allylic oxidation sites excluding steroid dienone is 2. The molecule has 0 N–H and O–H groups in total. The van der Waals surface area contributed by atoms with Gasteiger partial charge in [0.15, 0.2) is 5.79 Å². The second kappa shape index (κ2) is 8.97. The maximum Gasteiger partial charge on any atom is 0.163 e. The molecule has 0 aromatic carbocycles. The van der Waals surface area contributed by atoms with Gasteiger partial charge in [0.1, 0.15) is 5.78 Å². The van der Waals surface area contributed by atoms with Crippen molar-refractivity contribution in [1.29, 1.82) is 0 Å². The molecule has 1 saturated heterocycles. The summed E-state index contributed by atoms with van der Waals surface area (Å²) in [6.45, 7) is 18.6. The lowest BCUT2D eigenvalue weighted by atomic mass is 9.44. The molecule has 3 nitrogen and oxygen atoms in total. The Morgan fingerprint density at radius 1 is 0.943 bits per heavy atom. The lowest BCUT2D eigenvalue weighted by Crippen LogP contribution is -2.59. The van der Waals surface area contributed by atoms with E-state index in [1.165, 1.54) is 32.1 Å². The predicted octanol–water partition coefficient (Wildman–Crippen LogP) is 7.83. The predicted molar refractivity (Wildman–Crippen MR) is 142 cm³/mol. The fraction of sp³-hybridized carbons (Fsp3) is 0.906. The number of fused-ring (bicyclic) bond motifs is 6. The first-order valence-electron chi connectivity index (χ1n) is 15.0. The molecular formula is C32H52O3. The van der Waals surface area contributed by atoms with Crippen LogP contribution in [0.15, 0.2) is 12.2 Å². The number of carbonyl (C=O) groups is 1. The smallest absolute Gasteiger partial charge is 0.163 e. The molecule has 0 aromatic rings. The van der Waals surface area contributed by atoms with Gasteiger partial charge in [-0.25, -0.2) is 0 Å². The fourth-order valence-electron chi connectivity index (χ4n) is 10.2. The summed E-state index contributed by atoms with van der Waals surface area (Å²) < 4.78 is 12.6. The van der Waals surface area contributed by atoms with Crippen LogP contribution in [0.5, 0.6) is 0 Å². The van der Waals surface area contributed by atoms with Gasteiger partial charge in [0.2, 0.25) is 0 Å². The van der Waals surface area contributed by atoms with Crippen LogP contribution in [0.25, 0.3) is 0 Å². The summed E-state index contributed by atoms with van der Waals surface area (Å²) in [5.74, 6) is 4.87. The molecule has 0 amide bonds. The molecule has 4 saturated carbocycles. The third kappa shape index (κ3) is 4.19. The second-order valence-corrected chi connectivity index (χ2v) is 14.5. The minimum atomic E-state index is -0.512. The van der Waals surface area contributed by atoms with Crippen LogP contribution >= 0.6 is 0 Å². The first kappa shape index (κ1) is 26.0. The highest BCUT2D eigenvalue weighted by molar-refractivity contribution is 5.83. The summed E-state index contributed by atoms with van der Waals surface area (Å²) in [7, 11) is 0. The van der Waals surface area contributed by atoms with E-state index < -0.39 is 5.79 Å². The molecule has 4 aliphatic carbocycles. The van der Waals surface area contributed by atoms with Crippen molar-refractivity contribution in [3.8, 4) is 0 Å². The van der Waals surface area contributed by atoms with Crippen molar-refractivity contribution in [3.63, 3.8) is 0 Å². The monoisotopic (exact) mass is 484 g/mol. The van der Waals surface area contributed by atoms with Crippen molar-refractivity contribution in [2.45, 2.75) is 125 Å². The van der Waals surface area contributed by atoms with E-state index in [1.807, 2.05) is 13.8 Å². The number of ketones is 1. The Balaban J connectivity index is 1.36. The van der Waals surface area contributed by atoms with E-state index in [0.29, 0.717) is 46.7 Å². The summed E-state index contributed by atoms with van der Waals surface area (Å²) in [5.41, 5.74) is 0.446. The first-order valence-corrected chi connectivity index (χ1v) is 15.0. The van der Waals surface area contributed by atoms with E-state index in [1.54, 1.807) is 0 Å². The molecule has 0 spiro atoms. The maximum atomic E-state index is 13.7. The molecule has 5 fully saturated rings. The minimum Gasteiger partial charge on any atom is -0.345 e. The summed E-state index contributed by atoms with van der Waals surface area (Å²) in [6, 6.07) is 0. The molecule has 0 aromatic heterocycles. The highest BCUT2D eigenvalue weighted by Crippen LogP contribution is 2.68. The second-order valence-electron chi connectivity index (χ2n) is 14.5. The van der Waals surface area contributed by atoms with Crippen LogP contribution in [0.1, 0.15) is 107 Å². The quantitative estimate of drug-likeness (QED) is 0.373. The number of carbonyl (C=O) groups excluding carboxylic acids is 1. The van der Waals surface area contributed by atoms with Crippen LogP contribution in [0.3, 0.4) is 0 Å². The number of rotatable bonds is 5. The number of Topliss-reactive ketones (excluding diaryl/α,β-unsaturated/α-hetero) is 1. The topological polar surface area (TPSA) is 35.5 Å². The van der Waals surface area contributed by atoms with Crippen LogP contribution < -0.4 is 0 Å². The molecule has 1 aliphatic heterocycles. The molecule has 0 bridgehead atoms. The van der Waals surface area contributed by atoms with E-state index in [9.17, 15) is 4.79 Å². The molecule has 3 heteroatoms. The average molecular weight is 485 g/mol. The van der Waals surface area contributed by atoms with Gasteiger partial charge < -0.3 is 9.47 Å². The lowest BCUT2D eigenvalue weighted by Gasteiger charge is -2.60. The number of ether oxygens (including phenoxy) is 2. The van der Waals surface area contributed by atoms with E-state index in [0.717, 1.165) is 25.2 Å². The summed E-state index contributed by atoms with van der Waals surface area (Å²) in [4.78, 5) is 13.7. The van der Waals surface area contributed by atoms with Gasteiger partial charge >= 0.3 is 0 Å². The Morgan fingerprint density at radius 3 is 2.31 bits per heavy atom. The Kier molecular flexibility index (Phi) is 6.65. The zero-order valence-corrected chi connectivity index (χ0v) is 23.8. The first-order chi connectivity index (χ1) is 16.4. The van der Waals surface area contributed by atoms with Crippen molar-refractivity contribution >= 4 is 5.78 Å². The molecule has 5 rings (SSSR count). The standard InChI is InChI=1S/C32H52O3/c1-9-21(19(2)3)11-10-20(4)23-12-13-24-22-16-27(33)26-17-28-29(35-30(5,6)34-28)18-32(26,8)25(22)14-15-31(23,24)7/h10-11,19-26,28-29H,9,12-18H2,1-8H3/b11-10+/t20-,21-,22+,23-,24+,25+,26-,28+,29-,31-,32-/m1/s1. The zero-order chi connectivity index (χ0) is 25.3. The summed E-state index contributed by atoms with van der Waals surface area (Å²) in [6.07, 6.45) is 14.5. The van der Waals surface area contributed by atoms with Gasteiger partial charge in [0.25, 0.3) is 0 Å². The number of hydrogen-bond donors (Lipinski definition) is 0. The molecule has 0 radical (unpaired) electrons. The van der Waals surface area contributed by atoms with Gasteiger partial charge in [0.05, 0.1) is 12.2 Å². The van der Waals surface area contributed by atoms with Gasteiger partial charge in [0, 0.05) is 12.3 Å². The Morgan fingerprint density at radius 2 is 1.63 bits per heavy atom. The van der Waals surface area contributed by atoms with Gasteiger partial charge in [-0.3, -0.25) is 4.79 Å². The van der Waals surface area contributed by atoms with Crippen molar-refractivity contribution < 1.29 is 14.3 Å². The molecule has 11 atom stereocenters. The lowest BCUT2D eigenvalue weighted by molar-refractivity contribution is -0.163. The number of hydrogen-bond acceptors (Lipinski definition) is 3. The maximum absolute atomic E-state index is 13.7. The van der Waals surface area contributed by atoms with Gasteiger partial charge in [-0.1, -0.05) is 53.7 Å². The largest absolute Gasteiger partial charge is 0.345 e. The molecule has 35 heavy (non-hydrogen) atoms. The molecule has 0 unspecified atom stereocenters. The molecule has 5 aliphatic rings. The van der Waals surface area contributed by atoms with Crippen LogP contribution in [-0.4, -0.2) is 23.8 Å². The zero-order valence-electron chi connectivity index (χ0n) is 23.8. The molecular weight excluding hydrogens is 432 g/mol. The summed E-state index contributed by atoms with van der Waals surface area (Å²) in [5, 5.41) is 0. The van der Waals surface area contributed by atoms with Gasteiger partial charge in [-0.05, 0) is 111 Å². The Hall–Kier alpha value is -0.670. The van der Waals surface area contributed by atoms with E-state index in [4.69, 9.17) is 9.47 Å². The van der Waals surface area contributed by atoms with Gasteiger partial charge in [-0.15, -0.1) is 0 Å². The third-order valence-electron chi connectivity index (χ3n) is 12.0. The van der Waals surface area contributed by atoms with Crippen LogP contribution in [0.2, 0.25) is 0 Å². The van der Waals surface area contributed by atoms with Gasteiger partial charge in [-0.2, -0.15) is 0 Å². The van der Waals surface area contributed by atoms with E-state index >= 15 is 0 Å². The molecule has 1 heterocycles. The van der Waals surface area contributed by atoms with Crippen molar-refractivity contribution in [1.82, 2.24) is 0 Å².